The third-order valence-corrected chi connectivity index (χ3v) is 13.3. The van der Waals surface area contributed by atoms with Crippen LogP contribution in [0.4, 0.5) is 0 Å². The van der Waals surface area contributed by atoms with Crippen LogP contribution < -0.4 is 39.1 Å². The van der Waals surface area contributed by atoms with Crippen LogP contribution in [0.1, 0.15) is 76.9 Å². The number of carbonyl (C=O) groups excluding carboxylic acids is 4. The van der Waals surface area contributed by atoms with Gasteiger partial charge in [0.25, 0.3) is 23.6 Å². The number of rotatable bonds is 24. The molecule has 0 saturated heterocycles. The van der Waals surface area contributed by atoms with Gasteiger partial charge in [-0.1, -0.05) is 46.7 Å². The van der Waals surface area contributed by atoms with Crippen LogP contribution in [0.25, 0.3) is 33.3 Å². The lowest BCUT2D eigenvalue weighted by atomic mass is 9.86. The largest absolute Gasteiger partial charge is 0.496 e. The predicted octanol–water partition coefficient (Wildman–Crippen LogP) is 8.89. The van der Waals surface area contributed by atoms with Crippen LogP contribution in [0.2, 0.25) is 0 Å². The Morgan fingerprint density at radius 3 is 1.13 bits per heavy atom. The summed E-state index contributed by atoms with van der Waals surface area (Å²) in [7, 11) is 6.34. The van der Waals surface area contributed by atoms with E-state index in [1.807, 2.05) is 84.9 Å². The highest BCUT2D eigenvalue weighted by Gasteiger charge is 2.39. The third kappa shape index (κ3) is 10.3. The molecule has 4 heterocycles. The summed E-state index contributed by atoms with van der Waals surface area (Å²) in [5.74, 6) is 3.00. The number of imide groups is 2. The lowest BCUT2D eigenvalue weighted by molar-refractivity contribution is 0.0587. The van der Waals surface area contributed by atoms with Crippen molar-refractivity contribution in [2.24, 2.45) is 0 Å². The van der Waals surface area contributed by atoms with Gasteiger partial charge in [0.05, 0.1) is 39.6 Å². The Balaban J connectivity index is 0.662. The topological polar surface area (TPSA) is 206 Å². The second-order valence-electron chi connectivity index (χ2n) is 18.0. The summed E-state index contributed by atoms with van der Waals surface area (Å²) in [5, 5.41) is 15.9. The molecule has 0 bridgehead atoms. The minimum Gasteiger partial charge on any atom is -0.496 e. The van der Waals surface area contributed by atoms with Crippen molar-refractivity contribution in [3.8, 4) is 57.0 Å². The Kier molecular flexibility index (Phi) is 15.0. The van der Waals surface area contributed by atoms with Gasteiger partial charge in [-0.15, -0.1) is 0 Å². The van der Waals surface area contributed by atoms with Crippen LogP contribution in [-0.2, 0) is 26.3 Å². The fraction of sp³-hybridized carbons (Fsp3) is 0.241. The second-order valence-corrected chi connectivity index (χ2v) is 18.0. The molecule has 0 unspecified atom stereocenters. The monoisotopic (exact) mass is 1030 g/mol. The summed E-state index contributed by atoms with van der Waals surface area (Å²) in [6, 6.07) is 36.2. The lowest BCUT2D eigenvalue weighted by Crippen LogP contribution is -2.44. The fourth-order valence-electron chi connectivity index (χ4n) is 9.49. The predicted molar refractivity (Wildman–Crippen MR) is 279 cm³/mol. The molecule has 76 heavy (non-hydrogen) atoms. The summed E-state index contributed by atoms with van der Waals surface area (Å²) in [6.45, 7) is 2.90. The number of amides is 4. The van der Waals surface area contributed by atoms with Crippen molar-refractivity contribution in [3.05, 3.63) is 166 Å². The zero-order valence-electron chi connectivity index (χ0n) is 42.3. The Morgan fingerprint density at radius 2 is 0.803 bits per heavy atom. The number of ether oxygens (including phenoxy) is 6. The number of aromatic nitrogens is 2. The number of hydrogen-bond acceptors (Lipinski definition) is 16. The number of carbonyl (C=O) groups is 4. The Hall–Kier alpha value is -9.00. The highest BCUT2D eigenvalue weighted by atomic mass is 16.5. The van der Waals surface area contributed by atoms with Gasteiger partial charge in [0.15, 0.2) is 11.5 Å². The molecular weight excluding hydrogens is 973 g/mol. The third-order valence-electron chi connectivity index (χ3n) is 13.3. The highest BCUT2D eigenvalue weighted by molar-refractivity contribution is 6.33. The van der Waals surface area contributed by atoms with E-state index in [4.69, 9.17) is 37.5 Å². The van der Waals surface area contributed by atoms with Crippen molar-refractivity contribution in [1.82, 2.24) is 30.7 Å². The van der Waals surface area contributed by atoms with Gasteiger partial charge < -0.3 is 48.1 Å². The minimum atomic E-state index is -0.458. The molecule has 6 aromatic carbocycles. The maximum Gasteiger partial charge on any atom is 0.261 e. The fourth-order valence-corrected chi connectivity index (χ4v) is 9.49. The van der Waals surface area contributed by atoms with Crippen molar-refractivity contribution in [3.63, 3.8) is 0 Å². The molecule has 0 saturated carbocycles. The number of benzene rings is 6. The van der Waals surface area contributed by atoms with Crippen LogP contribution in [0.5, 0.6) is 34.5 Å². The first-order chi connectivity index (χ1) is 37.2. The van der Waals surface area contributed by atoms with Gasteiger partial charge in [-0.05, 0) is 110 Å². The van der Waals surface area contributed by atoms with E-state index in [1.165, 1.54) is 9.80 Å². The highest BCUT2D eigenvalue weighted by Crippen LogP contribution is 2.41. The van der Waals surface area contributed by atoms with Gasteiger partial charge in [0, 0.05) is 71.3 Å². The molecular formula is C58H54N6O12. The van der Waals surface area contributed by atoms with Gasteiger partial charge in [-0.2, -0.15) is 0 Å². The minimum absolute atomic E-state index is 0.170. The smallest absolute Gasteiger partial charge is 0.261 e. The van der Waals surface area contributed by atoms with E-state index in [2.05, 4.69) is 20.9 Å². The number of nitrogens with zero attached hydrogens (tertiary/aromatic N) is 4. The molecule has 10 rings (SSSR count). The SMILES string of the molecule is COc1cccc(OC)c1-c1cc(COc2ccc(CNCCCN3C(=O)c4ccc5c6c(ccc(c46)C3=O)C(=O)N(CCCNCc3ccc(OCc4cc(-c6c(OC)cccc6OC)no4)cc3)C5=O)cc2)on1. The zero-order chi connectivity index (χ0) is 52.7. The van der Waals surface area contributed by atoms with Gasteiger partial charge in [-0.3, -0.25) is 29.0 Å². The lowest BCUT2D eigenvalue weighted by Gasteiger charge is -2.32. The van der Waals surface area contributed by atoms with Crippen LogP contribution in [-0.4, -0.2) is 98.4 Å². The van der Waals surface area contributed by atoms with E-state index >= 15 is 0 Å². The maximum absolute atomic E-state index is 13.9. The summed E-state index contributed by atoms with van der Waals surface area (Å²) < 4.78 is 44.9. The van der Waals surface area contributed by atoms with Gasteiger partial charge in [0.2, 0.25) is 0 Å². The molecule has 8 aromatic rings. The number of methoxy groups -OCH3 is 4. The molecule has 18 nitrogen and oxygen atoms in total. The first-order valence-electron chi connectivity index (χ1n) is 24.7. The average Bonchev–Trinajstić information content (AvgIpc) is 4.22. The Bertz CT molecular complexity index is 3100. The van der Waals surface area contributed by atoms with Crippen LogP contribution in [0.3, 0.4) is 0 Å². The van der Waals surface area contributed by atoms with Gasteiger partial charge in [-0.25, -0.2) is 0 Å². The average molecular weight is 1030 g/mol. The molecule has 2 aromatic heterocycles. The summed E-state index contributed by atoms with van der Waals surface area (Å²) >= 11 is 0. The van der Waals surface area contributed by atoms with Crippen molar-refractivity contribution in [2.45, 2.75) is 39.1 Å². The van der Waals surface area contributed by atoms with Crippen molar-refractivity contribution >= 4 is 34.4 Å². The number of nitrogens with one attached hydrogen (secondary N) is 2. The summed E-state index contributed by atoms with van der Waals surface area (Å²) in [4.78, 5) is 58.0. The normalized spacial score (nSPS) is 12.9. The Labute approximate surface area is 437 Å². The first-order valence-corrected chi connectivity index (χ1v) is 24.7. The standard InChI is InChI=1S/C58H54N6O12/c1-69-47-9-5-10-48(70-2)53(47)45-29-39(75-61-45)33-73-37-17-13-35(14-18-37)31-59-25-7-27-63-55(65)41-21-23-43-52-44(24-22-42(51(41)52)56(63)66)58(68)64(57(43)67)28-8-26-60-32-36-15-19-38(20-16-36)74-34-40-30-46(62-76-40)54-49(71-3)11-6-12-50(54)72-4/h5-6,9-24,29-30,59-60H,7-8,25-28,31-34H2,1-4H3. The van der Waals surface area contributed by atoms with Crippen LogP contribution >= 0.6 is 0 Å². The van der Waals surface area contributed by atoms with E-state index in [1.54, 1.807) is 64.8 Å². The van der Waals surface area contributed by atoms with Crippen molar-refractivity contribution < 1.29 is 56.6 Å². The van der Waals surface area contributed by atoms with E-state index in [0.29, 0.717) is 141 Å². The van der Waals surface area contributed by atoms with Crippen molar-refractivity contribution in [1.29, 1.82) is 0 Å². The molecule has 0 fully saturated rings. The second kappa shape index (κ2) is 22.6. The molecule has 2 aliphatic rings. The maximum atomic E-state index is 13.9. The van der Waals surface area contributed by atoms with Crippen LogP contribution in [0, 0.1) is 0 Å². The van der Waals surface area contributed by atoms with E-state index < -0.39 is 23.6 Å². The van der Waals surface area contributed by atoms with Gasteiger partial charge in [0.1, 0.15) is 59.1 Å². The molecule has 0 spiro atoms. The van der Waals surface area contributed by atoms with E-state index in [0.717, 1.165) is 11.1 Å². The number of hydrogen-bond donors (Lipinski definition) is 2. The molecule has 0 radical (unpaired) electrons. The molecule has 2 aliphatic heterocycles. The molecule has 2 N–H and O–H groups in total. The molecule has 18 heteroatoms. The molecule has 388 valence electrons. The quantitative estimate of drug-likeness (QED) is 0.0428. The van der Waals surface area contributed by atoms with E-state index in [9.17, 15) is 19.2 Å². The van der Waals surface area contributed by atoms with Crippen LogP contribution in [0.15, 0.2) is 130 Å². The molecule has 0 aliphatic carbocycles. The van der Waals surface area contributed by atoms with E-state index in [-0.39, 0.29) is 26.3 Å². The summed E-state index contributed by atoms with van der Waals surface area (Å²) in [5.41, 5.74) is 5.72. The van der Waals surface area contributed by atoms with Crippen molar-refractivity contribution in [2.75, 3.05) is 54.6 Å². The zero-order valence-corrected chi connectivity index (χ0v) is 42.3. The first kappa shape index (κ1) is 50.5. The summed E-state index contributed by atoms with van der Waals surface area (Å²) in [6.07, 6.45) is 1.01. The Morgan fingerprint density at radius 1 is 0.461 bits per heavy atom. The molecule has 0 atom stereocenters. The van der Waals surface area contributed by atoms with Gasteiger partial charge >= 0.3 is 0 Å². The molecule has 4 amide bonds.